The summed E-state index contributed by atoms with van der Waals surface area (Å²) in [7, 11) is 0. The van der Waals surface area contributed by atoms with E-state index in [-0.39, 0.29) is 18.0 Å². The first-order chi connectivity index (χ1) is 14.9. The van der Waals surface area contributed by atoms with Crippen LogP contribution in [0, 0.1) is 31.2 Å². The van der Waals surface area contributed by atoms with Gasteiger partial charge in [0.25, 0.3) is 5.91 Å². The Balaban J connectivity index is 1.78. The van der Waals surface area contributed by atoms with E-state index in [1.807, 2.05) is 43.3 Å². The molecule has 3 rings (SSSR count). The van der Waals surface area contributed by atoms with Gasteiger partial charge < -0.3 is 10.1 Å². The van der Waals surface area contributed by atoms with Gasteiger partial charge in [0.15, 0.2) is 0 Å². The summed E-state index contributed by atoms with van der Waals surface area (Å²) in [6.07, 6.45) is 1.55. The van der Waals surface area contributed by atoms with Gasteiger partial charge in [-0.1, -0.05) is 30.3 Å². The second kappa shape index (κ2) is 10.7. The number of hydrogen-bond acceptors (Lipinski definition) is 3. The molecule has 0 aliphatic carbocycles. The topological polar surface area (TPSA) is 62.1 Å². The van der Waals surface area contributed by atoms with Crippen LogP contribution in [0.1, 0.15) is 16.7 Å². The molecule has 0 aromatic heterocycles. The zero-order valence-electron chi connectivity index (χ0n) is 16.5. The molecule has 3 aromatic rings. The summed E-state index contributed by atoms with van der Waals surface area (Å²) in [5.74, 6) is -0.0993. The normalized spacial score (nSPS) is 11.0. The third kappa shape index (κ3) is 6.27. The van der Waals surface area contributed by atoms with E-state index in [1.54, 1.807) is 24.3 Å². The maximum absolute atomic E-state index is 13.4. The lowest BCUT2D eigenvalue weighted by Crippen LogP contribution is -2.14. The predicted octanol–water partition coefficient (Wildman–Crippen LogP) is 6.47. The van der Waals surface area contributed by atoms with Crippen LogP contribution >= 0.6 is 45.2 Å². The Bertz CT molecular complexity index is 1180. The minimum Gasteiger partial charge on any atom is -0.487 e. The van der Waals surface area contributed by atoms with Gasteiger partial charge in [0.05, 0.1) is 7.14 Å². The van der Waals surface area contributed by atoms with Crippen LogP contribution in [0.4, 0.5) is 10.1 Å². The van der Waals surface area contributed by atoms with Crippen LogP contribution in [0.3, 0.4) is 0 Å². The van der Waals surface area contributed by atoms with Gasteiger partial charge in [0, 0.05) is 5.69 Å². The number of carbonyl (C=O) groups excluding carboxylic acids is 1. The lowest BCUT2D eigenvalue weighted by molar-refractivity contribution is -0.112. The largest absolute Gasteiger partial charge is 0.487 e. The van der Waals surface area contributed by atoms with Gasteiger partial charge in [0.1, 0.15) is 29.8 Å². The smallest absolute Gasteiger partial charge is 0.266 e. The quantitative estimate of drug-likeness (QED) is 0.192. The molecule has 0 fully saturated rings. The molecule has 0 saturated carbocycles. The molecular formula is C24H17FI2N2O2. The number of nitrogens with one attached hydrogen (secondary N) is 1. The Kier molecular flexibility index (Phi) is 8.03. The Labute approximate surface area is 207 Å². The van der Waals surface area contributed by atoms with E-state index in [0.717, 1.165) is 18.3 Å². The van der Waals surface area contributed by atoms with Crippen molar-refractivity contribution in [3.8, 4) is 11.8 Å². The Morgan fingerprint density at radius 1 is 1.13 bits per heavy atom. The Morgan fingerprint density at radius 3 is 2.48 bits per heavy atom. The molecule has 0 atom stereocenters. The van der Waals surface area contributed by atoms with Gasteiger partial charge in [-0.15, -0.1) is 0 Å². The summed E-state index contributed by atoms with van der Waals surface area (Å²) in [5.41, 5.74) is 3.03. The molecule has 0 radical (unpaired) electrons. The van der Waals surface area contributed by atoms with Crippen molar-refractivity contribution in [3.63, 3.8) is 0 Å². The molecule has 31 heavy (non-hydrogen) atoms. The molecule has 7 heteroatoms. The van der Waals surface area contributed by atoms with Crippen LogP contribution < -0.4 is 10.1 Å². The summed E-state index contributed by atoms with van der Waals surface area (Å²) in [4.78, 5) is 12.6. The molecular weight excluding hydrogens is 621 g/mol. The third-order valence-corrected chi connectivity index (χ3v) is 5.96. The zero-order valence-corrected chi connectivity index (χ0v) is 20.8. The number of nitriles is 1. The SMILES string of the molecule is Cc1ccccc1NC(=O)/C(C#N)=C\c1cc(I)c(OCc2cccc(F)c2)c(I)c1. The van der Waals surface area contributed by atoms with Crippen LogP contribution in [-0.2, 0) is 11.4 Å². The zero-order chi connectivity index (χ0) is 22.4. The first kappa shape index (κ1) is 23.2. The number of ether oxygens (including phenoxy) is 1. The number of aryl methyl sites for hydroxylation is 1. The first-order valence-electron chi connectivity index (χ1n) is 9.22. The van der Waals surface area contributed by atoms with E-state index < -0.39 is 5.91 Å². The lowest BCUT2D eigenvalue weighted by atomic mass is 10.1. The highest BCUT2D eigenvalue weighted by Gasteiger charge is 2.13. The molecule has 0 unspecified atom stereocenters. The van der Waals surface area contributed by atoms with Crippen molar-refractivity contribution in [2.75, 3.05) is 5.32 Å². The fraction of sp³-hybridized carbons (Fsp3) is 0.0833. The summed E-state index contributed by atoms with van der Waals surface area (Å²) in [6.45, 7) is 2.12. The molecule has 4 nitrogen and oxygen atoms in total. The van der Waals surface area contributed by atoms with Gasteiger partial charge in [-0.2, -0.15) is 5.26 Å². The molecule has 1 N–H and O–H groups in total. The molecule has 0 bridgehead atoms. The van der Waals surface area contributed by atoms with Crippen LogP contribution in [0.25, 0.3) is 6.08 Å². The molecule has 0 aliphatic rings. The van der Waals surface area contributed by atoms with Gasteiger partial charge in [-0.25, -0.2) is 4.39 Å². The average molecular weight is 638 g/mol. The van der Waals surface area contributed by atoms with Gasteiger partial charge in [-0.05, 0) is 105 Å². The Morgan fingerprint density at radius 2 is 1.84 bits per heavy atom. The summed E-state index contributed by atoms with van der Waals surface area (Å²) >= 11 is 4.29. The van der Waals surface area contributed by atoms with Crippen LogP contribution in [0.15, 0.2) is 66.2 Å². The number of rotatable bonds is 6. The molecule has 0 aliphatic heterocycles. The molecule has 3 aromatic carbocycles. The highest BCUT2D eigenvalue weighted by molar-refractivity contribution is 14.1. The van der Waals surface area contributed by atoms with Crippen molar-refractivity contribution in [1.82, 2.24) is 0 Å². The summed E-state index contributed by atoms with van der Waals surface area (Å²) in [5, 5.41) is 12.3. The summed E-state index contributed by atoms with van der Waals surface area (Å²) < 4.78 is 20.9. The molecule has 156 valence electrons. The highest BCUT2D eigenvalue weighted by Crippen LogP contribution is 2.30. The van der Waals surface area contributed by atoms with Crippen molar-refractivity contribution in [3.05, 3.63) is 95.9 Å². The van der Waals surface area contributed by atoms with E-state index >= 15 is 0 Å². The standard InChI is InChI=1S/C24H17FI2N2O2/c1-15-5-2-3-8-22(15)29-24(30)18(13-28)9-17-11-20(26)23(21(27)12-17)31-14-16-6-4-7-19(25)10-16/h2-12H,14H2,1H3,(H,29,30)/b18-9-. The highest BCUT2D eigenvalue weighted by atomic mass is 127. The lowest BCUT2D eigenvalue weighted by Gasteiger charge is -2.12. The molecule has 0 heterocycles. The number of halogens is 3. The number of benzene rings is 3. The second-order valence-corrected chi connectivity index (χ2v) is 9.00. The van der Waals surface area contributed by atoms with Crippen LogP contribution in [0.5, 0.6) is 5.75 Å². The summed E-state index contributed by atoms with van der Waals surface area (Å²) in [6, 6.07) is 19.3. The monoisotopic (exact) mass is 638 g/mol. The van der Waals surface area contributed by atoms with Gasteiger partial charge in [-0.3, -0.25) is 4.79 Å². The average Bonchev–Trinajstić information content (AvgIpc) is 2.73. The number of para-hydroxylation sites is 1. The minimum absolute atomic E-state index is 0.00304. The van der Waals surface area contributed by atoms with Crippen molar-refractivity contribution in [2.24, 2.45) is 0 Å². The van der Waals surface area contributed by atoms with Crippen molar-refractivity contribution >= 4 is 62.9 Å². The third-order valence-electron chi connectivity index (χ3n) is 4.36. The van der Waals surface area contributed by atoms with Crippen LogP contribution in [0.2, 0.25) is 0 Å². The maximum Gasteiger partial charge on any atom is 0.266 e. The van der Waals surface area contributed by atoms with E-state index in [1.165, 1.54) is 12.1 Å². The number of carbonyl (C=O) groups is 1. The number of anilines is 1. The van der Waals surface area contributed by atoms with Gasteiger partial charge >= 0.3 is 0 Å². The number of amides is 1. The van der Waals surface area contributed by atoms with Crippen LogP contribution in [-0.4, -0.2) is 5.91 Å². The van der Waals surface area contributed by atoms with E-state index in [2.05, 4.69) is 50.5 Å². The van der Waals surface area contributed by atoms with Crippen molar-refractivity contribution < 1.29 is 13.9 Å². The second-order valence-electron chi connectivity index (χ2n) is 6.67. The van der Waals surface area contributed by atoms with E-state index in [9.17, 15) is 14.4 Å². The fourth-order valence-corrected chi connectivity index (χ4v) is 4.93. The molecule has 1 amide bonds. The van der Waals surface area contributed by atoms with Gasteiger partial charge in [0.2, 0.25) is 0 Å². The van der Waals surface area contributed by atoms with E-state index in [4.69, 9.17) is 4.74 Å². The predicted molar refractivity (Wildman–Crippen MR) is 136 cm³/mol. The molecule has 0 spiro atoms. The first-order valence-corrected chi connectivity index (χ1v) is 11.4. The molecule has 0 saturated heterocycles. The number of nitrogens with zero attached hydrogens (tertiary/aromatic N) is 1. The van der Waals surface area contributed by atoms with Crippen molar-refractivity contribution in [2.45, 2.75) is 13.5 Å². The Hall–Kier alpha value is -2.45. The fourth-order valence-electron chi connectivity index (χ4n) is 2.80. The van der Waals surface area contributed by atoms with E-state index in [0.29, 0.717) is 17.0 Å². The minimum atomic E-state index is -0.465. The maximum atomic E-state index is 13.4. The van der Waals surface area contributed by atoms with Crippen molar-refractivity contribution in [1.29, 1.82) is 5.26 Å². The number of hydrogen-bond donors (Lipinski definition) is 1.